The van der Waals surface area contributed by atoms with Gasteiger partial charge in [-0.15, -0.1) is 0 Å². The summed E-state index contributed by atoms with van der Waals surface area (Å²) in [7, 11) is 2.09. The van der Waals surface area contributed by atoms with Crippen LogP contribution in [0, 0.1) is 0 Å². The molecule has 0 aromatic carbocycles. The van der Waals surface area contributed by atoms with E-state index in [1.54, 1.807) is 0 Å². The molecule has 6 heteroatoms. The van der Waals surface area contributed by atoms with Crippen molar-refractivity contribution in [3.63, 3.8) is 0 Å². The van der Waals surface area contributed by atoms with Crippen molar-refractivity contribution in [1.82, 2.24) is 19.7 Å². The van der Waals surface area contributed by atoms with Gasteiger partial charge in [0.25, 0.3) is 0 Å². The predicted octanol–water partition coefficient (Wildman–Crippen LogP) is 2.25. The second kappa shape index (κ2) is 8.28. The molecule has 3 rings (SSSR count). The number of carbonyl (C=O) groups excluding carboxylic acids is 1. The van der Waals surface area contributed by atoms with Gasteiger partial charge in [-0.05, 0) is 38.1 Å². The Morgan fingerprint density at radius 2 is 1.96 bits per heavy atom. The number of rotatable bonds is 3. The Kier molecular flexibility index (Phi) is 6.09. The molecule has 0 saturated carbocycles. The molecular formula is C18H27ClN4O. The Labute approximate surface area is 149 Å². The number of likely N-dealkylation sites (N-methyl/N-ethyl adjacent to an activating group) is 1. The number of piperazine rings is 1. The van der Waals surface area contributed by atoms with E-state index in [4.69, 9.17) is 11.6 Å². The van der Waals surface area contributed by atoms with Gasteiger partial charge in [-0.2, -0.15) is 0 Å². The van der Waals surface area contributed by atoms with Crippen molar-refractivity contribution in [2.45, 2.75) is 38.3 Å². The highest BCUT2D eigenvalue weighted by molar-refractivity contribution is 6.29. The van der Waals surface area contributed by atoms with Crippen molar-refractivity contribution >= 4 is 17.5 Å². The number of aromatic nitrogens is 1. The first-order valence-electron chi connectivity index (χ1n) is 8.95. The molecule has 1 amide bonds. The summed E-state index contributed by atoms with van der Waals surface area (Å²) in [5, 5.41) is 0.529. The van der Waals surface area contributed by atoms with E-state index in [1.807, 2.05) is 18.3 Å². The molecule has 0 bridgehead atoms. The summed E-state index contributed by atoms with van der Waals surface area (Å²) in [4.78, 5) is 23.7. The van der Waals surface area contributed by atoms with Gasteiger partial charge in [0.15, 0.2) is 0 Å². The molecule has 0 N–H and O–H groups in total. The fourth-order valence-electron chi connectivity index (χ4n) is 3.66. The van der Waals surface area contributed by atoms with Gasteiger partial charge in [-0.1, -0.05) is 30.5 Å². The molecule has 1 aromatic rings. The smallest absolute Gasteiger partial charge is 0.240 e. The standard InChI is InChI=1S/C18H27ClN4O/c1-21-8-4-2-3-5-16(21)18(24)23-11-9-22(10-12-23)14-15-6-7-17(19)20-13-15/h6-7,13,16H,2-5,8-12,14H2,1H3. The van der Waals surface area contributed by atoms with E-state index in [9.17, 15) is 4.79 Å². The quantitative estimate of drug-likeness (QED) is 0.784. The van der Waals surface area contributed by atoms with Crippen molar-refractivity contribution in [1.29, 1.82) is 0 Å². The molecule has 0 radical (unpaired) electrons. The Morgan fingerprint density at radius 1 is 1.17 bits per heavy atom. The second-order valence-corrected chi connectivity index (χ2v) is 7.32. The summed E-state index contributed by atoms with van der Waals surface area (Å²) in [6.45, 7) is 5.40. The number of hydrogen-bond acceptors (Lipinski definition) is 4. The molecule has 132 valence electrons. The van der Waals surface area contributed by atoms with E-state index in [0.29, 0.717) is 11.1 Å². The summed E-state index contributed by atoms with van der Waals surface area (Å²) < 4.78 is 0. The molecule has 2 fully saturated rings. The minimum atomic E-state index is 0.0829. The molecule has 1 atom stereocenters. The van der Waals surface area contributed by atoms with Gasteiger partial charge in [0.05, 0.1) is 6.04 Å². The molecule has 0 spiro atoms. The van der Waals surface area contributed by atoms with Crippen molar-refractivity contribution in [2.75, 3.05) is 39.8 Å². The Hall–Kier alpha value is -1.17. The second-order valence-electron chi connectivity index (χ2n) is 6.94. The summed E-state index contributed by atoms with van der Waals surface area (Å²) >= 11 is 5.83. The van der Waals surface area contributed by atoms with Gasteiger partial charge in [-0.3, -0.25) is 14.6 Å². The summed E-state index contributed by atoms with van der Waals surface area (Å²) in [5.41, 5.74) is 1.17. The SMILES string of the molecule is CN1CCCCCC1C(=O)N1CCN(Cc2ccc(Cl)nc2)CC1. The van der Waals surface area contributed by atoms with E-state index >= 15 is 0 Å². The lowest BCUT2D eigenvalue weighted by molar-refractivity contribution is -0.138. The van der Waals surface area contributed by atoms with Crippen LogP contribution < -0.4 is 0 Å². The molecule has 0 aliphatic carbocycles. The maximum Gasteiger partial charge on any atom is 0.240 e. The lowest BCUT2D eigenvalue weighted by Crippen LogP contribution is -2.54. The molecule has 2 aliphatic heterocycles. The predicted molar refractivity (Wildman–Crippen MR) is 96.0 cm³/mol. The van der Waals surface area contributed by atoms with E-state index in [-0.39, 0.29) is 6.04 Å². The van der Waals surface area contributed by atoms with Gasteiger partial charge < -0.3 is 4.90 Å². The lowest BCUT2D eigenvalue weighted by Gasteiger charge is -2.38. The van der Waals surface area contributed by atoms with Gasteiger partial charge in [0.1, 0.15) is 5.15 Å². The summed E-state index contributed by atoms with van der Waals surface area (Å²) in [5.74, 6) is 0.326. The number of amides is 1. The lowest BCUT2D eigenvalue weighted by atomic mass is 10.1. The van der Waals surface area contributed by atoms with Gasteiger partial charge in [0.2, 0.25) is 5.91 Å². The van der Waals surface area contributed by atoms with E-state index in [0.717, 1.165) is 45.7 Å². The maximum atomic E-state index is 12.9. The van der Waals surface area contributed by atoms with E-state index in [2.05, 4.69) is 26.7 Å². The average Bonchev–Trinajstić information content (AvgIpc) is 2.81. The Bertz CT molecular complexity index is 542. The molecule has 1 unspecified atom stereocenters. The molecule has 3 heterocycles. The average molecular weight is 351 g/mol. The number of carbonyl (C=O) groups is 1. The highest BCUT2D eigenvalue weighted by atomic mass is 35.5. The van der Waals surface area contributed by atoms with Crippen molar-refractivity contribution < 1.29 is 4.79 Å². The molecule has 1 aromatic heterocycles. The zero-order valence-electron chi connectivity index (χ0n) is 14.5. The van der Waals surface area contributed by atoms with Crippen LogP contribution in [0.1, 0.15) is 31.2 Å². The first-order chi connectivity index (χ1) is 11.6. The zero-order valence-corrected chi connectivity index (χ0v) is 15.2. The van der Waals surface area contributed by atoms with Gasteiger partial charge >= 0.3 is 0 Å². The van der Waals surface area contributed by atoms with Crippen LogP contribution in [0.25, 0.3) is 0 Å². The van der Waals surface area contributed by atoms with Crippen LogP contribution in [0.4, 0.5) is 0 Å². The Balaban J connectivity index is 1.50. The topological polar surface area (TPSA) is 39.7 Å². The van der Waals surface area contributed by atoms with Crippen LogP contribution in [-0.4, -0.2) is 71.4 Å². The minimum absolute atomic E-state index is 0.0829. The van der Waals surface area contributed by atoms with Gasteiger partial charge in [0, 0.05) is 38.9 Å². The number of likely N-dealkylation sites (tertiary alicyclic amines) is 1. The minimum Gasteiger partial charge on any atom is -0.339 e. The molecule has 2 aliphatic rings. The summed E-state index contributed by atoms with van der Waals surface area (Å²) in [6, 6.07) is 3.94. The van der Waals surface area contributed by atoms with Crippen molar-refractivity contribution in [3.05, 3.63) is 29.0 Å². The summed E-state index contributed by atoms with van der Waals surface area (Å²) in [6.07, 6.45) is 6.47. The van der Waals surface area contributed by atoms with E-state index in [1.165, 1.54) is 24.8 Å². The molecule has 2 saturated heterocycles. The fraction of sp³-hybridized carbons (Fsp3) is 0.667. The van der Waals surface area contributed by atoms with Gasteiger partial charge in [-0.25, -0.2) is 4.98 Å². The normalized spacial score (nSPS) is 23.9. The number of hydrogen-bond donors (Lipinski definition) is 0. The number of halogens is 1. The molecular weight excluding hydrogens is 324 g/mol. The van der Waals surface area contributed by atoms with Crippen LogP contribution in [0.15, 0.2) is 18.3 Å². The molecule has 5 nitrogen and oxygen atoms in total. The molecule has 24 heavy (non-hydrogen) atoms. The van der Waals surface area contributed by atoms with Crippen LogP contribution in [-0.2, 0) is 11.3 Å². The first-order valence-corrected chi connectivity index (χ1v) is 9.33. The maximum absolute atomic E-state index is 12.9. The Morgan fingerprint density at radius 3 is 2.67 bits per heavy atom. The van der Waals surface area contributed by atoms with E-state index < -0.39 is 0 Å². The third-order valence-electron chi connectivity index (χ3n) is 5.18. The first kappa shape index (κ1) is 17.6. The monoisotopic (exact) mass is 350 g/mol. The van der Waals surface area contributed by atoms with Crippen LogP contribution in [0.2, 0.25) is 5.15 Å². The fourth-order valence-corrected chi connectivity index (χ4v) is 3.77. The number of pyridine rings is 1. The largest absolute Gasteiger partial charge is 0.339 e. The van der Waals surface area contributed by atoms with Crippen LogP contribution in [0.5, 0.6) is 0 Å². The third-order valence-corrected chi connectivity index (χ3v) is 5.41. The highest BCUT2D eigenvalue weighted by Gasteiger charge is 2.30. The zero-order chi connectivity index (χ0) is 16.9. The van der Waals surface area contributed by atoms with Crippen molar-refractivity contribution in [3.8, 4) is 0 Å². The third kappa shape index (κ3) is 4.47. The van der Waals surface area contributed by atoms with Crippen LogP contribution >= 0.6 is 11.6 Å². The van der Waals surface area contributed by atoms with Crippen LogP contribution in [0.3, 0.4) is 0 Å². The highest BCUT2D eigenvalue weighted by Crippen LogP contribution is 2.18. The van der Waals surface area contributed by atoms with Crippen molar-refractivity contribution in [2.24, 2.45) is 0 Å². The number of nitrogens with zero attached hydrogens (tertiary/aromatic N) is 4.